The molecule has 0 N–H and O–H groups in total. The van der Waals surface area contributed by atoms with Crippen molar-refractivity contribution in [3.63, 3.8) is 0 Å². The molecule has 0 saturated carbocycles. The summed E-state index contributed by atoms with van der Waals surface area (Å²) in [5.74, 6) is 0.661. The van der Waals surface area contributed by atoms with Crippen LogP contribution in [-0.2, 0) is 22.1 Å². The predicted octanol–water partition coefficient (Wildman–Crippen LogP) is 1.08. The molecule has 0 saturated heterocycles. The van der Waals surface area contributed by atoms with Crippen molar-refractivity contribution in [1.29, 1.82) is 0 Å². The third-order valence-corrected chi connectivity index (χ3v) is 2.98. The fourth-order valence-electron chi connectivity index (χ4n) is 1.20. The maximum atomic E-state index is 11.3. The topological polar surface area (TPSA) is 57.0 Å². The van der Waals surface area contributed by atoms with Crippen LogP contribution in [0, 0.1) is 5.92 Å². The zero-order valence-corrected chi connectivity index (χ0v) is 10.9. The molecule has 0 aliphatic carbocycles. The molecule has 5 nitrogen and oxygen atoms in total. The highest BCUT2D eigenvalue weighted by molar-refractivity contribution is 7.84. The van der Waals surface area contributed by atoms with E-state index in [4.69, 9.17) is 4.74 Å². The van der Waals surface area contributed by atoms with Crippen molar-refractivity contribution >= 4 is 10.8 Å². The standard InChI is InChI=1S/C10H19N3O2S/c1-9(2)4-6-15-7-5-13-8-11-12-10(13)16(3)14/h8-9H,4-7H2,1-3H3. The normalized spacial score (nSPS) is 13.2. The minimum absolute atomic E-state index is 0.507. The van der Waals surface area contributed by atoms with E-state index in [1.54, 1.807) is 17.2 Å². The van der Waals surface area contributed by atoms with Crippen molar-refractivity contribution in [2.45, 2.75) is 32.0 Å². The Morgan fingerprint density at radius 2 is 2.25 bits per heavy atom. The van der Waals surface area contributed by atoms with Crippen molar-refractivity contribution in [2.75, 3.05) is 19.5 Å². The first-order chi connectivity index (χ1) is 7.61. The molecule has 0 amide bonds. The number of rotatable bonds is 7. The molecule has 0 aliphatic rings. The summed E-state index contributed by atoms with van der Waals surface area (Å²) in [6.45, 7) is 6.36. The van der Waals surface area contributed by atoms with E-state index in [2.05, 4.69) is 24.0 Å². The van der Waals surface area contributed by atoms with Crippen molar-refractivity contribution in [3.8, 4) is 0 Å². The maximum absolute atomic E-state index is 11.3. The van der Waals surface area contributed by atoms with Gasteiger partial charge in [0.25, 0.3) is 0 Å². The van der Waals surface area contributed by atoms with Crippen molar-refractivity contribution in [3.05, 3.63) is 6.33 Å². The molecule has 1 aromatic rings. The Bertz CT molecular complexity index is 339. The number of aromatic nitrogens is 3. The van der Waals surface area contributed by atoms with E-state index in [9.17, 15) is 4.21 Å². The van der Waals surface area contributed by atoms with Gasteiger partial charge < -0.3 is 9.30 Å². The van der Waals surface area contributed by atoms with Crippen LogP contribution in [0.25, 0.3) is 0 Å². The van der Waals surface area contributed by atoms with E-state index < -0.39 is 10.8 Å². The van der Waals surface area contributed by atoms with Gasteiger partial charge in [0.2, 0.25) is 5.16 Å². The van der Waals surface area contributed by atoms with Gasteiger partial charge in [-0.05, 0) is 12.3 Å². The fraction of sp³-hybridized carbons (Fsp3) is 0.800. The van der Waals surface area contributed by atoms with Gasteiger partial charge in [-0.15, -0.1) is 10.2 Å². The molecule has 0 aromatic carbocycles. The molecule has 1 aromatic heterocycles. The number of hydrogen-bond acceptors (Lipinski definition) is 4. The van der Waals surface area contributed by atoms with Crippen LogP contribution in [0.1, 0.15) is 20.3 Å². The highest BCUT2D eigenvalue weighted by Gasteiger charge is 2.07. The van der Waals surface area contributed by atoms with Crippen molar-refractivity contribution in [2.24, 2.45) is 5.92 Å². The molecule has 0 aliphatic heterocycles. The van der Waals surface area contributed by atoms with Gasteiger partial charge in [0.15, 0.2) is 0 Å². The third-order valence-electron chi connectivity index (χ3n) is 2.15. The van der Waals surface area contributed by atoms with E-state index in [-0.39, 0.29) is 0 Å². The lowest BCUT2D eigenvalue weighted by molar-refractivity contribution is 0.114. The lowest BCUT2D eigenvalue weighted by Gasteiger charge is -2.07. The van der Waals surface area contributed by atoms with Gasteiger partial charge in [0.05, 0.1) is 17.4 Å². The lowest BCUT2D eigenvalue weighted by atomic mass is 10.1. The Morgan fingerprint density at radius 1 is 1.50 bits per heavy atom. The van der Waals surface area contributed by atoms with Crippen LogP contribution in [0.3, 0.4) is 0 Å². The monoisotopic (exact) mass is 245 g/mol. The van der Waals surface area contributed by atoms with Crippen molar-refractivity contribution in [1.82, 2.24) is 14.8 Å². The number of hydrogen-bond donors (Lipinski definition) is 0. The summed E-state index contributed by atoms with van der Waals surface area (Å²) in [7, 11) is -1.09. The number of ether oxygens (including phenoxy) is 1. The molecule has 1 unspecified atom stereocenters. The Kier molecular flexibility index (Phi) is 5.62. The molecule has 0 spiro atoms. The Hall–Kier alpha value is -0.750. The molecule has 1 atom stereocenters. The van der Waals surface area contributed by atoms with Crippen LogP contribution < -0.4 is 0 Å². The summed E-state index contributed by atoms with van der Waals surface area (Å²) >= 11 is 0. The molecule has 92 valence electrons. The molecule has 0 radical (unpaired) electrons. The minimum atomic E-state index is -1.09. The quantitative estimate of drug-likeness (QED) is 0.674. The maximum Gasteiger partial charge on any atom is 0.221 e. The van der Waals surface area contributed by atoms with Crippen LogP contribution in [-0.4, -0.2) is 38.4 Å². The van der Waals surface area contributed by atoms with Crippen LogP contribution >= 0.6 is 0 Å². The molecule has 16 heavy (non-hydrogen) atoms. The van der Waals surface area contributed by atoms with Gasteiger partial charge >= 0.3 is 0 Å². The largest absolute Gasteiger partial charge is 0.380 e. The fourth-order valence-corrected chi connectivity index (χ4v) is 1.84. The van der Waals surface area contributed by atoms with Crippen LogP contribution in [0.15, 0.2) is 11.5 Å². The average molecular weight is 245 g/mol. The van der Waals surface area contributed by atoms with Gasteiger partial charge in [0.1, 0.15) is 6.33 Å². The zero-order valence-electron chi connectivity index (χ0n) is 10.0. The van der Waals surface area contributed by atoms with E-state index in [1.165, 1.54) is 0 Å². The summed E-state index contributed by atoms with van der Waals surface area (Å²) in [5.41, 5.74) is 0. The second-order valence-corrected chi connectivity index (χ2v) is 5.33. The first kappa shape index (κ1) is 13.3. The first-order valence-corrected chi connectivity index (χ1v) is 6.96. The number of nitrogens with zero attached hydrogens (tertiary/aromatic N) is 3. The van der Waals surface area contributed by atoms with E-state index in [0.717, 1.165) is 13.0 Å². The summed E-state index contributed by atoms with van der Waals surface area (Å²) in [5, 5.41) is 8.04. The molecular formula is C10H19N3O2S. The van der Waals surface area contributed by atoms with Gasteiger partial charge in [-0.1, -0.05) is 13.8 Å². The van der Waals surface area contributed by atoms with Gasteiger partial charge in [-0.25, -0.2) is 0 Å². The summed E-state index contributed by atoms with van der Waals surface area (Å²) < 4.78 is 18.5. The highest BCUT2D eigenvalue weighted by Crippen LogP contribution is 2.01. The molecule has 6 heteroatoms. The van der Waals surface area contributed by atoms with Gasteiger partial charge in [-0.3, -0.25) is 4.21 Å². The van der Waals surface area contributed by atoms with Crippen LogP contribution in [0.5, 0.6) is 0 Å². The van der Waals surface area contributed by atoms with E-state index >= 15 is 0 Å². The zero-order chi connectivity index (χ0) is 12.0. The van der Waals surface area contributed by atoms with Gasteiger partial charge in [0, 0.05) is 19.4 Å². The second kappa shape index (κ2) is 6.75. The summed E-state index contributed by atoms with van der Waals surface area (Å²) in [6, 6.07) is 0. The second-order valence-electron chi connectivity index (χ2n) is 4.06. The first-order valence-electron chi connectivity index (χ1n) is 5.40. The predicted molar refractivity (Wildman–Crippen MR) is 62.6 cm³/mol. The van der Waals surface area contributed by atoms with E-state index in [1.807, 2.05) is 0 Å². The lowest BCUT2D eigenvalue weighted by Crippen LogP contribution is -2.10. The van der Waals surface area contributed by atoms with E-state index in [0.29, 0.717) is 24.2 Å². The van der Waals surface area contributed by atoms with Crippen LogP contribution in [0.2, 0.25) is 0 Å². The Morgan fingerprint density at radius 3 is 2.88 bits per heavy atom. The summed E-state index contributed by atoms with van der Waals surface area (Å²) in [4.78, 5) is 0. The third kappa shape index (κ3) is 4.40. The summed E-state index contributed by atoms with van der Waals surface area (Å²) in [6.07, 6.45) is 4.25. The smallest absolute Gasteiger partial charge is 0.221 e. The molecule has 1 heterocycles. The Labute approximate surface area is 98.7 Å². The molecular weight excluding hydrogens is 226 g/mol. The molecule has 0 bridgehead atoms. The molecule has 0 fully saturated rings. The van der Waals surface area contributed by atoms with Crippen LogP contribution in [0.4, 0.5) is 0 Å². The minimum Gasteiger partial charge on any atom is -0.380 e. The highest BCUT2D eigenvalue weighted by atomic mass is 32.2. The van der Waals surface area contributed by atoms with Gasteiger partial charge in [-0.2, -0.15) is 0 Å². The SMILES string of the molecule is CC(C)CCOCCn1cnnc1S(C)=O. The average Bonchev–Trinajstić information content (AvgIpc) is 2.65. The van der Waals surface area contributed by atoms with Crippen molar-refractivity contribution < 1.29 is 8.95 Å². The Balaban J connectivity index is 2.27. The molecule has 1 rings (SSSR count).